The molecule has 0 aromatic heterocycles. The number of nitrogens with two attached hydrogens (primary N) is 2. The van der Waals surface area contributed by atoms with E-state index in [2.05, 4.69) is 10.6 Å². The summed E-state index contributed by atoms with van der Waals surface area (Å²) < 4.78 is 0. The normalized spacial score (nSPS) is 14.9. The molecule has 0 spiro atoms. The van der Waals surface area contributed by atoms with Gasteiger partial charge in [0.15, 0.2) is 0 Å². The molecule has 0 saturated heterocycles. The lowest BCUT2D eigenvalue weighted by atomic mass is 10.00. The predicted octanol–water partition coefficient (Wildman–Crippen LogP) is -1.44. The van der Waals surface area contributed by atoms with Gasteiger partial charge in [-0.05, 0) is 11.8 Å². The number of carboxylic acids is 1. The number of hydrogen-bond acceptors (Lipinski definition) is 5. The Labute approximate surface area is 135 Å². The van der Waals surface area contributed by atoms with Crippen molar-refractivity contribution in [2.24, 2.45) is 23.3 Å². The number of carbonyl (C=O) groups excluding carboxylic acids is 3. The SMILES string of the molecule is CC(C)C(NC(=O)C(NC(=O)C(N)CC(N)=O)C(C)C)C(=O)O. The first-order valence-electron chi connectivity index (χ1n) is 7.34. The van der Waals surface area contributed by atoms with Crippen LogP contribution in [-0.2, 0) is 19.2 Å². The highest BCUT2D eigenvalue weighted by Crippen LogP contribution is 2.07. The van der Waals surface area contributed by atoms with Crippen LogP contribution in [0, 0.1) is 11.8 Å². The summed E-state index contributed by atoms with van der Waals surface area (Å²) in [5, 5.41) is 13.9. The lowest BCUT2D eigenvalue weighted by Crippen LogP contribution is -2.57. The third kappa shape index (κ3) is 7.09. The Bertz CT molecular complexity index is 464. The minimum absolute atomic E-state index is 0.304. The Morgan fingerprint density at radius 2 is 1.35 bits per heavy atom. The van der Waals surface area contributed by atoms with Crippen molar-refractivity contribution in [2.75, 3.05) is 0 Å². The second-order valence-electron chi connectivity index (χ2n) is 6.08. The first kappa shape index (κ1) is 20.8. The van der Waals surface area contributed by atoms with Gasteiger partial charge in [-0.2, -0.15) is 0 Å². The maximum atomic E-state index is 12.3. The Morgan fingerprint density at radius 3 is 1.70 bits per heavy atom. The van der Waals surface area contributed by atoms with Gasteiger partial charge in [0.1, 0.15) is 12.1 Å². The first-order valence-corrected chi connectivity index (χ1v) is 7.34. The highest BCUT2D eigenvalue weighted by atomic mass is 16.4. The van der Waals surface area contributed by atoms with Gasteiger partial charge in [-0.3, -0.25) is 14.4 Å². The van der Waals surface area contributed by atoms with Gasteiger partial charge in [0.05, 0.1) is 12.5 Å². The number of amides is 3. The summed E-state index contributed by atoms with van der Waals surface area (Å²) in [6.45, 7) is 6.69. The molecular formula is C14H26N4O5. The van der Waals surface area contributed by atoms with Crippen molar-refractivity contribution >= 4 is 23.7 Å². The molecule has 0 aliphatic rings. The molecule has 0 fully saturated rings. The van der Waals surface area contributed by atoms with Crippen molar-refractivity contribution in [2.45, 2.75) is 52.2 Å². The largest absolute Gasteiger partial charge is 0.480 e. The summed E-state index contributed by atoms with van der Waals surface area (Å²) in [5.74, 6) is -3.84. The summed E-state index contributed by atoms with van der Waals surface area (Å²) in [5.41, 5.74) is 10.5. The minimum atomic E-state index is -1.16. The predicted molar refractivity (Wildman–Crippen MR) is 83.0 cm³/mol. The molecular weight excluding hydrogens is 304 g/mol. The van der Waals surface area contributed by atoms with Gasteiger partial charge < -0.3 is 27.2 Å². The minimum Gasteiger partial charge on any atom is -0.480 e. The van der Waals surface area contributed by atoms with Crippen LogP contribution >= 0.6 is 0 Å². The van der Waals surface area contributed by atoms with Crippen LogP contribution in [0.4, 0.5) is 0 Å². The Morgan fingerprint density at radius 1 is 0.913 bits per heavy atom. The van der Waals surface area contributed by atoms with E-state index in [-0.39, 0.29) is 18.3 Å². The average molecular weight is 330 g/mol. The number of carbonyl (C=O) groups is 4. The molecule has 0 aliphatic carbocycles. The molecule has 3 atom stereocenters. The van der Waals surface area contributed by atoms with Crippen molar-refractivity contribution in [3.05, 3.63) is 0 Å². The quantitative estimate of drug-likeness (QED) is 0.347. The molecule has 3 unspecified atom stereocenters. The Balaban J connectivity index is 4.97. The van der Waals surface area contributed by atoms with Crippen molar-refractivity contribution in [1.82, 2.24) is 10.6 Å². The number of rotatable bonds is 9. The van der Waals surface area contributed by atoms with Gasteiger partial charge in [0, 0.05) is 0 Å². The fourth-order valence-corrected chi connectivity index (χ4v) is 1.86. The van der Waals surface area contributed by atoms with E-state index in [9.17, 15) is 19.2 Å². The van der Waals surface area contributed by atoms with Crippen molar-refractivity contribution in [3.63, 3.8) is 0 Å². The third-order valence-electron chi connectivity index (χ3n) is 3.24. The number of primary amides is 1. The van der Waals surface area contributed by atoms with Crippen molar-refractivity contribution < 1.29 is 24.3 Å². The van der Waals surface area contributed by atoms with Gasteiger partial charge >= 0.3 is 5.97 Å². The van der Waals surface area contributed by atoms with Crippen LogP contribution in [0.15, 0.2) is 0 Å². The molecule has 0 rings (SSSR count). The molecule has 23 heavy (non-hydrogen) atoms. The molecule has 0 aliphatic heterocycles. The maximum absolute atomic E-state index is 12.3. The summed E-state index contributed by atoms with van der Waals surface area (Å²) in [7, 11) is 0. The zero-order valence-corrected chi connectivity index (χ0v) is 13.8. The first-order chi connectivity index (χ1) is 10.5. The van der Waals surface area contributed by atoms with Crippen molar-refractivity contribution in [3.8, 4) is 0 Å². The summed E-state index contributed by atoms with van der Waals surface area (Å²) >= 11 is 0. The smallest absolute Gasteiger partial charge is 0.326 e. The standard InChI is InChI=1S/C14H26N4O5/c1-6(2)10(17-12(20)8(15)5-9(16)19)13(21)18-11(7(3)4)14(22)23/h6-8,10-11H,5,15H2,1-4H3,(H2,16,19)(H,17,20)(H,18,21)(H,22,23). The number of aliphatic carboxylic acids is 1. The van der Waals surface area contributed by atoms with Crippen molar-refractivity contribution in [1.29, 1.82) is 0 Å². The lowest BCUT2D eigenvalue weighted by molar-refractivity contribution is -0.143. The average Bonchev–Trinajstić information content (AvgIpc) is 2.39. The van der Waals surface area contributed by atoms with E-state index < -0.39 is 41.8 Å². The lowest BCUT2D eigenvalue weighted by Gasteiger charge is -2.26. The highest BCUT2D eigenvalue weighted by molar-refractivity contribution is 5.93. The van der Waals surface area contributed by atoms with Gasteiger partial charge in [0.2, 0.25) is 17.7 Å². The molecule has 0 saturated carbocycles. The molecule has 132 valence electrons. The van der Waals surface area contributed by atoms with Crippen LogP contribution in [-0.4, -0.2) is 46.9 Å². The van der Waals surface area contributed by atoms with E-state index in [0.717, 1.165) is 0 Å². The summed E-state index contributed by atoms with van der Waals surface area (Å²) in [6.07, 6.45) is -0.345. The fourth-order valence-electron chi connectivity index (χ4n) is 1.86. The monoisotopic (exact) mass is 330 g/mol. The van der Waals surface area contributed by atoms with Crippen LogP contribution < -0.4 is 22.1 Å². The van der Waals surface area contributed by atoms with Crippen LogP contribution in [0.3, 0.4) is 0 Å². The second kappa shape index (κ2) is 9.09. The number of hydrogen-bond donors (Lipinski definition) is 5. The van der Waals surface area contributed by atoms with Crippen LogP contribution in [0.1, 0.15) is 34.1 Å². The summed E-state index contributed by atoms with van der Waals surface area (Å²) in [6, 6.07) is -3.20. The molecule has 0 radical (unpaired) electrons. The topological polar surface area (TPSA) is 165 Å². The van der Waals surface area contributed by atoms with Gasteiger partial charge in [-0.15, -0.1) is 0 Å². The zero-order chi connectivity index (χ0) is 18.3. The molecule has 9 nitrogen and oxygen atoms in total. The van der Waals surface area contributed by atoms with Gasteiger partial charge in [-0.1, -0.05) is 27.7 Å². The second-order valence-corrected chi connectivity index (χ2v) is 6.08. The summed E-state index contributed by atoms with van der Waals surface area (Å²) in [4.78, 5) is 46.1. The molecule has 3 amide bonds. The molecule has 0 heterocycles. The van der Waals surface area contributed by atoms with E-state index in [4.69, 9.17) is 16.6 Å². The van der Waals surface area contributed by atoms with Crippen LogP contribution in [0.25, 0.3) is 0 Å². The molecule has 0 bridgehead atoms. The molecule has 0 aromatic rings. The van der Waals surface area contributed by atoms with E-state index >= 15 is 0 Å². The van der Waals surface area contributed by atoms with Crippen LogP contribution in [0.5, 0.6) is 0 Å². The maximum Gasteiger partial charge on any atom is 0.326 e. The Hall–Kier alpha value is -2.16. The molecule has 0 aromatic carbocycles. The molecule has 7 N–H and O–H groups in total. The van der Waals surface area contributed by atoms with E-state index in [0.29, 0.717) is 0 Å². The zero-order valence-electron chi connectivity index (χ0n) is 13.8. The number of nitrogens with one attached hydrogen (secondary N) is 2. The highest BCUT2D eigenvalue weighted by Gasteiger charge is 2.31. The van der Waals surface area contributed by atoms with Gasteiger partial charge in [0.25, 0.3) is 0 Å². The van der Waals surface area contributed by atoms with Gasteiger partial charge in [-0.25, -0.2) is 4.79 Å². The van der Waals surface area contributed by atoms with E-state index in [1.54, 1.807) is 27.7 Å². The Kier molecular flexibility index (Phi) is 8.23. The van der Waals surface area contributed by atoms with E-state index in [1.165, 1.54) is 0 Å². The van der Waals surface area contributed by atoms with E-state index in [1.807, 2.05) is 0 Å². The van der Waals surface area contributed by atoms with Crippen LogP contribution in [0.2, 0.25) is 0 Å². The molecule has 9 heteroatoms. The third-order valence-corrected chi connectivity index (χ3v) is 3.24. The fraction of sp³-hybridized carbons (Fsp3) is 0.714. The number of carboxylic acid groups (broad SMARTS) is 1.